The first-order valence-electron chi connectivity index (χ1n) is 7.55. The van der Waals surface area contributed by atoms with E-state index in [1.54, 1.807) is 24.3 Å². The number of methoxy groups -OCH3 is 1. The molecule has 0 N–H and O–H groups in total. The maximum Gasteiger partial charge on any atom is 0.417 e. The molecule has 2 aromatic rings. The molecule has 0 bridgehead atoms. The highest BCUT2D eigenvalue weighted by atomic mass is 32.2. The van der Waals surface area contributed by atoms with Gasteiger partial charge in [0, 0.05) is 4.90 Å². The highest BCUT2D eigenvalue weighted by Crippen LogP contribution is 2.34. The summed E-state index contributed by atoms with van der Waals surface area (Å²) < 4.78 is 72.5. The fourth-order valence-electron chi connectivity index (χ4n) is 1.94. The van der Waals surface area contributed by atoms with E-state index >= 15 is 0 Å². The standard InChI is InChI=1S/C17H14F3NO5S2/c1-11-7-9-12(10-8-11)27-15(16(22)25-2)21-26-28(23,24)14-6-4-3-5-13(14)17(18,19)20/h3-10H,1-2H3. The third-order valence-electron chi connectivity index (χ3n) is 3.28. The van der Waals surface area contributed by atoms with Gasteiger partial charge in [-0.25, -0.2) is 4.79 Å². The number of esters is 1. The minimum absolute atomic E-state index is 0.501. The van der Waals surface area contributed by atoms with E-state index in [2.05, 4.69) is 14.2 Å². The van der Waals surface area contributed by atoms with Crippen molar-refractivity contribution in [2.75, 3.05) is 7.11 Å². The molecule has 6 nitrogen and oxygen atoms in total. The number of halogens is 3. The molecule has 0 aliphatic rings. The van der Waals surface area contributed by atoms with Crippen molar-refractivity contribution in [3.63, 3.8) is 0 Å². The van der Waals surface area contributed by atoms with E-state index in [0.717, 1.165) is 42.6 Å². The Labute approximate surface area is 163 Å². The second-order valence-corrected chi connectivity index (χ2v) is 7.89. The number of hydrogen-bond acceptors (Lipinski definition) is 7. The Hall–Kier alpha value is -2.53. The average Bonchev–Trinajstić information content (AvgIpc) is 2.65. The molecule has 2 aromatic carbocycles. The number of ether oxygens (including phenoxy) is 1. The van der Waals surface area contributed by atoms with Crippen molar-refractivity contribution in [2.24, 2.45) is 5.16 Å². The largest absolute Gasteiger partial charge is 0.464 e. The smallest absolute Gasteiger partial charge is 0.417 e. The van der Waals surface area contributed by atoms with Gasteiger partial charge in [-0.15, -0.1) is 0 Å². The van der Waals surface area contributed by atoms with Gasteiger partial charge in [0.2, 0.25) is 5.04 Å². The minimum atomic E-state index is -4.94. The van der Waals surface area contributed by atoms with E-state index < -0.39 is 37.8 Å². The predicted molar refractivity (Wildman–Crippen MR) is 96.2 cm³/mol. The molecule has 0 fully saturated rings. The second kappa shape index (κ2) is 8.65. The number of nitrogens with zero attached hydrogens (tertiary/aromatic N) is 1. The lowest BCUT2D eigenvalue weighted by molar-refractivity contribution is -0.140. The number of aryl methyl sites for hydroxylation is 1. The summed E-state index contributed by atoms with van der Waals surface area (Å²) in [5, 5.41) is 2.73. The van der Waals surface area contributed by atoms with Crippen LogP contribution in [0.15, 0.2) is 63.5 Å². The number of benzene rings is 2. The van der Waals surface area contributed by atoms with E-state index in [0.29, 0.717) is 11.0 Å². The van der Waals surface area contributed by atoms with Crippen molar-refractivity contribution in [1.29, 1.82) is 0 Å². The summed E-state index contributed by atoms with van der Waals surface area (Å²) in [6.45, 7) is 1.84. The third kappa shape index (κ3) is 5.49. The molecule has 0 saturated heterocycles. The van der Waals surface area contributed by atoms with Crippen LogP contribution in [0.3, 0.4) is 0 Å². The summed E-state index contributed by atoms with van der Waals surface area (Å²) >= 11 is 0.740. The van der Waals surface area contributed by atoms with Gasteiger partial charge in [0.05, 0.1) is 12.7 Å². The summed E-state index contributed by atoms with van der Waals surface area (Å²) in [7, 11) is -3.90. The molecule has 0 atom stereocenters. The molecule has 0 spiro atoms. The van der Waals surface area contributed by atoms with Crippen LogP contribution in [0, 0.1) is 6.92 Å². The lowest BCUT2D eigenvalue weighted by Crippen LogP contribution is -2.16. The zero-order valence-electron chi connectivity index (χ0n) is 14.6. The number of hydrogen-bond donors (Lipinski definition) is 0. The Balaban J connectivity index is 2.35. The lowest BCUT2D eigenvalue weighted by Gasteiger charge is -2.11. The van der Waals surface area contributed by atoms with Gasteiger partial charge < -0.3 is 4.74 Å². The number of oxime groups is 1. The van der Waals surface area contributed by atoms with Gasteiger partial charge in [-0.2, -0.15) is 21.6 Å². The van der Waals surface area contributed by atoms with Crippen molar-refractivity contribution in [3.05, 3.63) is 59.7 Å². The maximum atomic E-state index is 13.0. The van der Waals surface area contributed by atoms with Crippen molar-refractivity contribution in [1.82, 2.24) is 0 Å². The van der Waals surface area contributed by atoms with Crippen LogP contribution in [0.25, 0.3) is 0 Å². The fraction of sp³-hybridized carbons (Fsp3) is 0.176. The van der Waals surface area contributed by atoms with E-state index in [-0.39, 0.29) is 0 Å². The first-order valence-corrected chi connectivity index (χ1v) is 9.78. The van der Waals surface area contributed by atoms with E-state index in [1.807, 2.05) is 6.92 Å². The molecule has 0 heterocycles. The number of thioether (sulfide) groups is 1. The molecule has 28 heavy (non-hydrogen) atoms. The molecular formula is C17H14F3NO5S2. The molecule has 0 aromatic heterocycles. The Morgan fingerprint density at radius 1 is 1.07 bits per heavy atom. The summed E-state index contributed by atoms with van der Waals surface area (Å²) in [5.74, 6) is -1.01. The molecule has 11 heteroatoms. The number of carbonyl (C=O) groups excluding carboxylic acids is 1. The molecule has 0 amide bonds. The summed E-state index contributed by atoms with van der Waals surface area (Å²) in [5.41, 5.74) is -0.459. The van der Waals surface area contributed by atoms with Crippen molar-refractivity contribution < 1.29 is 35.4 Å². The molecule has 0 unspecified atom stereocenters. The topological polar surface area (TPSA) is 82.0 Å². The van der Waals surface area contributed by atoms with Gasteiger partial charge in [-0.05, 0) is 31.2 Å². The molecule has 0 aliphatic heterocycles. The molecular weight excluding hydrogens is 419 g/mol. The zero-order chi connectivity index (χ0) is 20.9. The normalized spacial score (nSPS) is 12.5. The van der Waals surface area contributed by atoms with Crippen LogP contribution in [0.1, 0.15) is 11.1 Å². The van der Waals surface area contributed by atoms with Crippen LogP contribution in [0.2, 0.25) is 0 Å². The Kier molecular flexibility index (Phi) is 6.73. The summed E-state index contributed by atoms with van der Waals surface area (Å²) in [4.78, 5) is 11.2. The number of carbonyl (C=O) groups is 1. The maximum absolute atomic E-state index is 13.0. The predicted octanol–water partition coefficient (Wildman–Crippen LogP) is 4.00. The summed E-state index contributed by atoms with van der Waals surface area (Å²) in [6.07, 6.45) is -4.92. The van der Waals surface area contributed by atoms with E-state index in [4.69, 9.17) is 0 Å². The Morgan fingerprint density at radius 2 is 1.68 bits per heavy atom. The molecule has 2 rings (SSSR count). The first kappa shape index (κ1) is 21.8. The quantitative estimate of drug-likeness (QED) is 0.238. The third-order valence-corrected chi connectivity index (χ3v) is 5.38. The van der Waals surface area contributed by atoms with Crippen LogP contribution < -0.4 is 0 Å². The van der Waals surface area contributed by atoms with Crippen LogP contribution in [0.4, 0.5) is 13.2 Å². The van der Waals surface area contributed by atoms with Gasteiger partial charge >= 0.3 is 22.3 Å². The van der Waals surface area contributed by atoms with Gasteiger partial charge in [0.1, 0.15) is 4.90 Å². The Bertz CT molecular complexity index is 987. The molecule has 0 aliphatic carbocycles. The first-order chi connectivity index (χ1) is 13.0. The monoisotopic (exact) mass is 433 g/mol. The van der Waals surface area contributed by atoms with Crippen LogP contribution in [-0.2, 0) is 30.1 Å². The highest BCUT2D eigenvalue weighted by Gasteiger charge is 2.38. The van der Waals surface area contributed by atoms with Crippen molar-refractivity contribution in [2.45, 2.75) is 22.9 Å². The summed E-state index contributed by atoms with van der Waals surface area (Å²) in [6, 6.07) is 10.3. The minimum Gasteiger partial charge on any atom is -0.464 e. The fourth-order valence-corrected chi connectivity index (χ4v) is 3.68. The van der Waals surface area contributed by atoms with E-state index in [1.165, 1.54) is 0 Å². The van der Waals surface area contributed by atoms with Crippen LogP contribution >= 0.6 is 11.8 Å². The Morgan fingerprint density at radius 3 is 2.25 bits per heavy atom. The number of rotatable bonds is 4. The average molecular weight is 433 g/mol. The van der Waals surface area contributed by atoms with Gasteiger partial charge in [-0.1, -0.05) is 46.7 Å². The molecule has 150 valence electrons. The van der Waals surface area contributed by atoms with Crippen molar-refractivity contribution >= 4 is 32.9 Å². The van der Waals surface area contributed by atoms with Crippen LogP contribution in [0.5, 0.6) is 0 Å². The van der Waals surface area contributed by atoms with Gasteiger partial charge in [-0.3, -0.25) is 4.28 Å². The number of alkyl halides is 3. The van der Waals surface area contributed by atoms with Gasteiger partial charge in [0.15, 0.2) is 0 Å². The molecule has 0 saturated carbocycles. The highest BCUT2D eigenvalue weighted by molar-refractivity contribution is 8.15. The van der Waals surface area contributed by atoms with Crippen LogP contribution in [-0.4, -0.2) is 26.5 Å². The zero-order valence-corrected chi connectivity index (χ0v) is 16.2. The van der Waals surface area contributed by atoms with Crippen molar-refractivity contribution in [3.8, 4) is 0 Å². The SMILES string of the molecule is COC(=O)C(=NOS(=O)(=O)c1ccccc1C(F)(F)F)Sc1ccc(C)cc1. The van der Waals surface area contributed by atoms with Gasteiger partial charge in [0.25, 0.3) is 0 Å². The second-order valence-electron chi connectivity index (χ2n) is 5.33. The van der Waals surface area contributed by atoms with E-state index in [9.17, 15) is 26.4 Å². The lowest BCUT2D eigenvalue weighted by atomic mass is 10.2. The molecule has 0 radical (unpaired) electrons.